The van der Waals surface area contributed by atoms with E-state index in [0.29, 0.717) is 4.88 Å². The van der Waals surface area contributed by atoms with Crippen LogP contribution in [0.3, 0.4) is 0 Å². The molecule has 4 nitrogen and oxygen atoms in total. The number of ether oxygens (including phenoxy) is 1. The fourth-order valence-electron chi connectivity index (χ4n) is 1.42. The van der Waals surface area contributed by atoms with Gasteiger partial charge in [-0.1, -0.05) is 17.4 Å². The zero-order valence-electron chi connectivity index (χ0n) is 9.58. The average molecular weight is 248 g/mol. The molecule has 0 aliphatic carbocycles. The normalized spacial score (nSPS) is 10.0. The number of benzene rings is 1. The Hall–Kier alpha value is -1.88. The van der Waals surface area contributed by atoms with Crippen LogP contribution in [0.5, 0.6) is 5.75 Å². The minimum absolute atomic E-state index is 0.620. The summed E-state index contributed by atoms with van der Waals surface area (Å²) in [7, 11) is 3.54. The van der Waals surface area contributed by atoms with Crippen LogP contribution in [0.1, 0.15) is 9.67 Å². The molecule has 1 aromatic heterocycles. The third-order valence-electron chi connectivity index (χ3n) is 2.36. The van der Waals surface area contributed by atoms with E-state index in [-0.39, 0.29) is 0 Å². The Kier molecular flexibility index (Phi) is 3.39. The van der Waals surface area contributed by atoms with Crippen LogP contribution in [0.15, 0.2) is 30.5 Å². The van der Waals surface area contributed by atoms with E-state index in [1.165, 1.54) is 11.3 Å². The maximum atomic E-state index is 10.6. The second-order valence-corrected chi connectivity index (χ2v) is 4.46. The number of carbonyl (C=O) groups excluding carboxylic acids is 1. The highest BCUT2D eigenvalue weighted by atomic mass is 32.1. The molecular formula is C12H12N2O2S. The van der Waals surface area contributed by atoms with Crippen LogP contribution in [0, 0.1) is 0 Å². The molecule has 0 fully saturated rings. The fraction of sp³-hybridized carbons (Fsp3) is 0.167. The summed E-state index contributed by atoms with van der Waals surface area (Å²) in [6.45, 7) is 0. The van der Waals surface area contributed by atoms with Crippen LogP contribution in [0.2, 0.25) is 0 Å². The second-order valence-electron chi connectivity index (χ2n) is 3.42. The first-order chi connectivity index (χ1) is 8.24. The minimum Gasteiger partial charge on any atom is -0.497 e. The van der Waals surface area contributed by atoms with Crippen molar-refractivity contribution in [3.63, 3.8) is 0 Å². The monoisotopic (exact) mass is 248 g/mol. The number of thiazole rings is 1. The lowest BCUT2D eigenvalue weighted by atomic mass is 10.3. The van der Waals surface area contributed by atoms with E-state index in [4.69, 9.17) is 4.74 Å². The quantitative estimate of drug-likeness (QED) is 0.780. The molecule has 0 aliphatic rings. The van der Waals surface area contributed by atoms with Crippen molar-refractivity contribution in [2.75, 3.05) is 19.1 Å². The Labute approximate surface area is 103 Å². The molecule has 5 heteroatoms. The first-order valence-electron chi connectivity index (χ1n) is 5.03. The van der Waals surface area contributed by atoms with Crippen molar-refractivity contribution in [2.24, 2.45) is 0 Å². The van der Waals surface area contributed by atoms with Gasteiger partial charge in [0.2, 0.25) is 0 Å². The molecule has 1 aromatic carbocycles. The zero-order chi connectivity index (χ0) is 12.3. The van der Waals surface area contributed by atoms with E-state index < -0.39 is 0 Å². The molecule has 2 aromatic rings. The van der Waals surface area contributed by atoms with Gasteiger partial charge in [-0.15, -0.1) is 0 Å². The molecule has 0 bridgehead atoms. The van der Waals surface area contributed by atoms with Crippen LogP contribution < -0.4 is 9.64 Å². The van der Waals surface area contributed by atoms with Crippen LogP contribution >= 0.6 is 11.3 Å². The number of nitrogens with zero attached hydrogens (tertiary/aromatic N) is 2. The molecule has 0 amide bonds. The van der Waals surface area contributed by atoms with Crippen molar-refractivity contribution in [1.29, 1.82) is 0 Å². The highest BCUT2D eigenvalue weighted by Gasteiger charge is 2.09. The Morgan fingerprint density at radius 3 is 2.94 bits per heavy atom. The van der Waals surface area contributed by atoms with Crippen molar-refractivity contribution < 1.29 is 9.53 Å². The fourth-order valence-corrected chi connectivity index (χ4v) is 2.13. The number of methoxy groups -OCH3 is 1. The van der Waals surface area contributed by atoms with Gasteiger partial charge in [0.25, 0.3) is 0 Å². The standard InChI is InChI=1S/C12H12N2O2S/c1-14(12-13-7-11(8-15)17-12)9-4-3-5-10(6-9)16-2/h3-8H,1-2H3. The van der Waals surface area contributed by atoms with Gasteiger partial charge in [0.1, 0.15) is 5.75 Å². The Bertz CT molecular complexity index is 525. The third-order valence-corrected chi connectivity index (χ3v) is 3.35. The SMILES string of the molecule is COc1cccc(N(C)c2ncc(C=O)s2)c1. The lowest BCUT2D eigenvalue weighted by Crippen LogP contribution is -2.08. The maximum absolute atomic E-state index is 10.6. The number of aromatic nitrogens is 1. The first kappa shape index (κ1) is 11.6. The van der Waals surface area contributed by atoms with Crippen LogP contribution in [-0.2, 0) is 0 Å². The van der Waals surface area contributed by atoms with E-state index in [1.807, 2.05) is 36.2 Å². The summed E-state index contributed by atoms with van der Waals surface area (Å²) in [6, 6.07) is 7.68. The number of anilines is 2. The number of hydrogen-bond donors (Lipinski definition) is 0. The Morgan fingerprint density at radius 1 is 1.47 bits per heavy atom. The third kappa shape index (κ3) is 2.45. The predicted octanol–water partition coefficient (Wildman–Crippen LogP) is 2.73. The average Bonchev–Trinajstić information content (AvgIpc) is 2.86. The molecule has 2 rings (SSSR count). The van der Waals surface area contributed by atoms with Crippen LogP contribution in [0.4, 0.5) is 10.8 Å². The number of aldehydes is 1. The molecule has 1 heterocycles. The van der Waals surface area contributed by atoms with Crippen molar-refractivity contribution in [3.05, 3.63) is 35.3 Å². The molecular weight excluding hydrogens is 236 g/mol. The lowest BCUT2D eigenvalue weighted by Gasteiger charge is -2.16. The summed E-state index contributed by atoms with van der Waals surface area (Å²) in [5, 5.41) is 0.778. The zero-order valence-corrected chi connectivity index (χ0v) is 10.4. The van der Waals surface area contributed by atoms with E-state index in [1.54, 1.807) is 13.3 Å². The molecule has 0 aliphatic heterocycles. The van der Waals surface area contributed by atoms with Crippen molar-refractivity contribution in [1.82, 2.24) is 4.98 Å². The van der Waals surface area contributed by atoms with Crippen molar-refractivity contribution in [2.45, 2.75) is 0 Å². The van der Waals surface area contributed by atoms with Gasteiger partial charge in [-0.2, -0.15) is 0 Å². The predicted molar refractivity (Wildman–Crippen MR) is 68.6 cm³/mol. The lowest BCUT2D eigenvalue weighted by molar-refractivity contribution is 0.112. The number of rotatable bonds is 4. The molecule has 0 radical (unpaired) electrons. The molecule has 0 spiro atoms. The van der Waals surface area contributed by atoms with Gasteiger partial charge < -0.3 is 9.64 Å². The Morgan fingerprint density at radius 2 is 2.29 bits per heavy atom. The smallest absolute Gasteiger partial charge is 0.190 e. The molecule has 88 valence electrons. The molecule has 17 heavy (non-hydrogen) atoms. The summed E-state index contributed by atoms with van der Waals surface area (Å²) in [5.74, 6) is 0.793. The van der Waals surface area contributed by atoms with Gasteiger partial charge in [-0.3, -0.25) is 4.79 Å². The van der Waals surface area contributed by atoms with E-state index in [9.17, 15) is 4.79 Å². The minimum atomic E-state index is 0.620. The van der Waals surface area contributed by atoms with E-state index in [0.717, 1.165) is 22.9 Å². The molecule has 0 saturated carbocycles. The summed E-state index contributed by atoms with van der Waals surface area (Å²) in [6.07, 6.45) is 2.38. The topological polar surface area (TPSA) is 42.4 Å². The first-order valence-corrected chi connectivity index (χ1v) is 5.85. The van der Waals surface area contributed by atoms with Crippen LogP contribution in [0.25, 0.3) is 0 Å². The van der Waals surface area contributed by atoms with Crippen molar-refractivity contribution >= 4 is 28.4 Å². The highest BCUT2D eigenvalue weighted by molar-refractivity contribution is 7.17. The van der Waals surface area contributed by atoms with Gasteiger partial charge in [0, 0.05) is 18.8 Å². The summed E-state index contributed by atoms with van der Waals surface area (Å²) >= 11 is 1.36. The summed E-state index contributed by atoms with van der Waals surface area (Å²) in [5.41, 5.74) is 0.969. The van der Waals surface area contributed by atoms with E-state index in [2.05, 4.69) is 4.98 Å². The molecule has 0 saturated heterocycles. The van der Waals surface area contributed by atoms with Crippen LogP contribution in [-0.4, -0.2) is 25.4 Å². The second kappa shape index (κ2) is 4.97. The molecule has 0 unspecified atom stereocenters. The van der Waals surface area contributed by atoms with Gasteiger partial charge in [0.05, 0.1) is 18.2 Å². The van der Waals surface area contributed by atoms with Crippen molar-refractivity contribution in [3.8, 4) is 5.75 Å². The number of carbonyl (C=O) groups is 1. The van der Waals surface area contributed by atoms with Gasteiger partial charge in [-0.05, 0) is 12.1 Å². The summed E-state index contributed by atoms with van der Waals surface area (Å²) in [4.78, 5) is 17.3. The van der Waals surface area contributed by atoms with Gasteiger partial charge >= 0.3 is 0 Å². The van der Waals surface area contributed by atoms with E-state index >= 15 is 0 Å². The number of hydrogen-bond acceptors (Lipinski definition) is 5. The molecule has 0 atom stereocenters. The summed E-state index contributed by atoms with van der Waals surface area (Å²) < 4.78 is 5.17. The maximum Gasteiger partial charge on any atom is 0.190 e. The highest BCUT2D eigenvalue weighted by Crippen LogP contribution is 2.29. The Balaban J connectivity index is 2.29. The largest absolute Gasteiger partial charge is 0.497 e. The molecule has 0 N–H and O–H groups in total. The van der Waals surface area contributed by atoms with Gasteiger partial charge in [0.15, 0.2) is 11.4 Å². The van der Waals surface area contributed by atoms with Gasteiger partial charge in [-0.25, -0.2) is 4.98 Å².